The highest BCUT2D eigenvalue weighted by atomic mass is 19.1. The summed E-state index contributed by atoms with van der Waals surface area (Å²) in [6.45, 7) is 1.09. The molecule has 7 heteroatoms. The maximum atomic E-state index is 13.7. The summed E-state index contributed by atoms with van der Waals surface area (Å²) in [6.07, 6.45) is 2.68. The number of ether oxygens (including phenoxy) is 1. The van der Waals surface area contributed by atoms with Gasteiger partial charge < -0.3 is 20.2 Å². The van der Waals surface area contributed by atoms with E-state index in [0.717, 1.165) is 6.54 Å². The molecule has 1 aliphatic heterocycles. The fraction of sp³-hybridized carbons (Fsp3) is 0.500. The van der Waals surface area contributed by atoms with E-state index in [1.807, 2.05) is 0 Å². The van der Waals surface area contributed by atoms with Crippen molar-refractivity contribution in [2.75, 3.05) is 20.2 Å². The van der Waals surface area contributed by atoms with Gasteiger partial charge in [-0.3, -0.25) is 0 Å². The predicted octanol–water partition coefficient (Wildman–Crippen LogP) is 2.04. The fourth-order valence-corrected chi connectivity index (χ4v) is 2.38. The molecule has 1 aliphatic carbocycles. The number of benzene rings is 1. The standard InChI is InChI=1S/C16H20FN3O3/c1-22-15-5-4-11(6-13(15)17)14-7-12(23-20-14)9-19-16(21)18-8-10-2-3-10/h4-6,10,12H,2-3,7-9H2,1H3,(H2,18,19,21). The van der Waals surface area contributed by atoms with Gasteiger partial charge in [0.25, 0.3) is 0 Å². The average molecular weight is 321 g/mol. The third-order valence-corrected chi connectivity index (χ3v) is 3.96. The second kappa shape index (κ2) is 6.85. The fourth-order valence-electron chi connectivity index (χ4n) is 2.38. The molecule has 0 bridgehead atoms. The van der Waals surface area contributed by atoms with Crippen LogP contribution < -0.4 is 15.4 Å². The number of methoxy groups -OCH3 is 1. The van der Waals surface area contributed by atoms with E-state index in [-0.39, 0.29) is 17.9 Å². The van der Waals surface area contributed by atoms with Crippen molar-refractivity contribution in [1.82, 2.24) is 10.6 Å². The molecule has 1 fully saturated rings. The Hall–Kier alpha value is -2.31. The molecule has 0 aromatic heterocycles. The molecule has 2 aliphatic rings. The minimum Gasteiger partial charge on any atom is -0.494 e. The lowest BCUT2D eigenvalue weighted by molar-refractivity contribution is 0.0865. The number of urea groups is 1. The minimum atomic E-state index is -0.436. The third kappa shape index (κ3) is 4.12. The largest absolute Gasteiger partial charge is 0.494 e. The molecule has 0 saturated heterocycles. The van der Waals surface area contributed by atoms with Crippen LogP contribution in [0.5, 0.6) is 5.75 Å². The van der Waals surface area contributed by atoms with Crippen LogP contribution in [0.15, 0.2) is 23.4 Å². The molecule has 2 N–H and O–H groups in total. The topological polar surface area (TPSA) is 72.0 Å². The highest BCUT2D eigenvalue weighted by molar-refractivity contribution is 6.01. The molecule has 1 aromatic rings. The lowest BCUT2D eigenvalue weighted by atomic mass is 10.0. The van der Waals surface area contributed by atoms with Crippen LogP contribution in [-0.2, 0) is 4.84 Å². The Kier molecular flexibility index (Phi) is 4.64. The maximum absolute atomic E-state index is 13.7. The van der Waals surface area contributed by atoms with Gasteiger partial charge in [-0.25, -0.2) is 9.18 Å². The van der Waals surface area contributed by atoms with Crippen LogP contribution in [0.2, 0.25) is 0 Å². The van der Waals surface area contributed by atoms with Crippen LogP contribution in [0.3, 0.4) is 0 Å². The van der Waals surface area contributed by atoms with Crippen molar-refractivity contribution in [3.63, 3.8) is 0 Å². The van der Waals surface area contributed by atoms with E-state index in [1.165, 1.54) is 26.0 Å². The minimum absolute atomic E-state index is 0.190. The maximum Gasteiger partial charge on any atom is 0.314 e. The highest BCUT2D eigenvalue weighted by Crippen LogP contribution is 2.27. The van der Waals surface area contributed by atoms with Crippen LogP contribution in [0, 0.1) is 11.7 Å². The molecular weight excluding hydrogens is 301 g/mol. The number of carbonyl (C=O) groups is 1. The van der Waals surface area contributed by atoms with Crippen molar-refractivity contribution < 1.29 is 18.8 Å². The summed E-state index contributed by atoms with van der Waals surface area (Å²) in [4.78, 5) is 16.9. The highest BCUT2D eigenvalue weighted by Gasteiger charge is 2.24. The Labute approximate surface area is 134 Å². The number of rotatable bonds is 6. The van der Waals surface area contributed by atoms with Gasteiger partial charge in [-0.1, -0.05) is 5.16 Å². The van der Waals surface area contributed by atoms with E-state index in [0.29, 0.717) is 30.2 Å². The van der Waals surface area contributed by atoms with E-state index in [1.54, 1.807) is 12.1 Å². The van der Waals surface area contributed by atoms with Crippen molar-refractivity contribution in [2.45, 2.75) is 25.4 Å². The average Bonchev–Trinajstić information content (AvgIpc) is 3.27. The van der Waals surface area contributed by atoms with Crippen LogP contribution in [0.25, 0.3) is 0 Å². The number of amides is 2. The van der Waals surface area contributed by atoms with Gasteiger partial charge >= 0.3 is 6.03 Å². The number of nitrogens with one attached hydrogen (secondary N) is 2. The molecule has 0 radical (unpaired) electrons. The van der Waals surface area contributed by atoms with E-state index in [9.17, 15) is 9.18 Å². The van der Waals surface area contributed by atoms with Gasteiger partial charge in [-0.15, -0.1) is 0 Å². The van der Waals surface area contributed by atoms with Gasteiger partial charge in [0.2, 0.25) is 0 Å². The molecule has 1 heterocycles. The lowest BCUT2D eigenvalue weighted by Gasteiger charge is -2.10. The molecule has 0 spiro atoms. The monoisotopic (exact) mass is 321 g/mol. The molecule has 1 saturated carbocycles. The van der Waals surface area contributed by atoms with Crippen LogP contribution in [-0.4, -0.2) is 38.0 Å². The number of nitrogens with zero attached hydrogens (tertiary/aromatic N) is 1. The zero-order valence-electron chi connectivity index (χ0n) is 13.0. The third-order valence-electron chi connectivity index (χ3n) is 3.96. The second-order valence-electron chi connectivity index (χ2n) is 5.85. The zero-order chi connectivity index (χ0) is 16.2. The van der Waals surface area contributed by atoms with Gasteiger partial charge in [-0.2, -0.15) is 0 Å². The van der Waals surface area contributed by atoms with Gasteiger partial charge in [0.1, 0.15) is 0 Å². The molecule has 6 nitrogen and oxygen atoms in total. The van der Waals surface area contributed by atoms with E-state index >= 15 is 0 Å². The Morgan fingerprint density at radius 1 is 1.39 bits per heavy atom. The smallest absolute Gasteiger partial charge is 0.314 e. The first-order chi connectivity index (χ1) is 11.2. The van der Waals surface area contributed by atoms with Gasteiger partial charge in [0.15, 0.2) is 17.7 Å². The summed E-state index contributed by atoms with van der Waals surface area (Å²) in [5.74, 6) is 0.399. The lowest BCUT2D eigenvalue weighted by Crippen LogP contribution is -2.40. The van der Waals surface area contributed by atoms with Crippen molar-refractivity contribution in [3.8, 4) is 5.75 Å². The Balaban J connectivity index is 1.45. The summed E-state index contributed by atoms with van der Waals surface area (Å²) in [5, 5.41) is 9.58. The predicted molar refractivity (Wildman–Crippen MR) is 83.1 cm³/mol. The number of hydrogen-bond acceptors (Lipinski definition) is 4. The van der Waals surface area contributed by atoms with Crippen molar-refractivity contribution in [1.29, 1.82) is 0 Å². The SMILES string of the molecule is COc1ccc(C2=NOC(CNC(=O)NCC3CC3)C2)cc1F. The molecule has 1 atom stereocenters. The zero-order valence-corrected chi connectivity index (χ0v) is 13.0. The van der Waals surface area contributed by atoms with Crippen LogP contribution in [0.1, 0.15) is 24.8 Å². The molecule has 1 unspecified atom stereocenters. The molecule has 3 rings (SSSR count). The number of oxime groups is 1. The molecule has 23 heavy (non-hydrogen) atoms. The summed E-state index contributed by atoms with van der Waals surface area (Å²) < 4.78 is 18.6. The first-order valence-corrected chi connectivity index (χ1v) is 7.74. The Morgan fingerprint density at radius 3 is 2.87 bits per heavy atom. The molecule has 1 aromatic carbocycles. The van der Waals surface area contributed by atoms with Crippen LogP contribution in [0.4, 0.5) is 9.18 Å². The summed E-state index contributed by atoms with van der Waals surface area (Å²) in [7, 11) is 1.42. The van der Waals surface area contributed by atoms with Crippen molar-refractivity contribution >= 4 is 11.7 Å². The van der Waals surface area contributed by atoms with Crippen molar-refractivity contribution in [3.05, 3.63) is 29.6 Å². The number of carbonyl (C=O) groups excluding carboxylic acids is 1. The summed E-state index contributed by atoms with van der Waals surface area (Å²) in [5.41, 5.74) is 1.32. The first kappa shape index (κ1) is 15.6. The van der Waals surface area contributed by atoms with E-state index in [4.69, 9.17) is 9.57 Å². The Bertz CT molecular complexity index is 617. The summed E-state index contributed by atoms with van der Waals surface area (Å²) >= 11 is 0. The molecular formula is C16H20FN3O3. The second-order valence-corrected chi connectivity index (χ2v) is 5.85. The van der Waals surface area contributed by atoms with Gasteiger partial charge in [-0.05, 0) is 37.0 Å². The quantitative estimate of drug-likeness (QED) is 0.842. The van der Waals surface area contributed by atoms with Gasteiger partial charge in [0, 0.05) is 18.5 Å². The van der Waals surface area contributed by atoms with E-state index < -0.39 is 5.82 Å². The van der Waals surface area contributed by atoms with Crippen LogP contribution >= 0.6 is 0 Å². The summed E-state index contributed by atoms with van der Waals surface area (Å²) in [6, 6.07) is 4.48. The first-order valence-electron chi connectivity index (χ1n) is 7.74. The normalized spacial score (nSPS) is 19.7. The molecule has 124 valence electrons. The molecule has 2 amide bonds. The number of hydrogen-bond donors (Lipinski definition) is 2. The van der Waals surface area contributed by atoms with Crippen molar-refractivity contribution in [2.24, 2.45) is 11.1 Å². The van der Waals surface area contributed by atoms with E-state index in [2.05, 4.69) is 15.8 Å². The number of halogens is 1. The van der Waals surface area contributed by atoms with Gasteiger partial charge in [0.05, 0.1) is 19.4 Å². The Morgan fingerprint density at radius 2 is 2.17 bits per heavy atom.